The van der Waals surface area contributed by atoms with Gasteiger partial charge in [-0.1, -0.05) is 30.3 Å². The largest absolute Gasteiger partial charge is 0.274 e. The molecular weight excluding hydrogens is 312 g/mol. The third-order valence-corrected chi connectivity index (χ3v) is 4.75. The molecule has 1 aromatic carbocycles. The summed E-state index contributed by atoms with van der Waals surface area (Å²) < 4.78 is 29.4. The van der Waals surface area contributed by atoms with Crippen molar-refractivity contribution >= 4 is 10.0 Å². The molecule has 0 spiro atoms. The Morgan fingerprint density at radius 3 is 2.48 bits per heavy atom. The Kier molecular flexibility index (Phi) is 4.22. The lowest BCUT2D eigenvalue weighted by molar-refractivity contribution is 0.581. The second-order valence-corrected chi connectivity index (χ2v) is 6.80. The highest BCUT2D eigenvalue weighted by atomic mass is 32.2. The first-order chi connectivity index (χ1) is 11.1. The summed E-state index contributed by atoms with van der Waals surface area (Å²) in [4.78, 5) is 4.08. The average Bonchev–Trinajstić information content (AvgIpc) is 2.98. The van der Waals surface area contributed by atoms with Crippen molar-refractivity contribution in [1.29, 1.82) is 0 Å². The number of pyridine rings is 1. The topological polar surface area (TPSA) is 76.9 Å². The Labute approximate surface area is 134 Å². The summed E-state index contributed by atoms with van der Waals surface area (Å²) >= 11 is 0. The maximum absolute atomic E-state index is 12.6. The molecule has 3 aromatic rings. The maximum atomic E-state index is 12.6. The maximum Gasteiger partial charge on any atom is 0.244 e. The van der Waals surface area contributed by atoms with Gasteiger partial charge in [0, 0.05) is 37.7 Å². The SMILES string of the molecule is Cn1cc(S(=O)(=O)NCc2ccncc2)c(-c2ccccc2)n1. The van der Waals surface area contributed by atoms with Gasteiger partial charge in [-0.3, -0.25) is 9.67 Å². The molecular formula is C16H16N4O2S. The van der Waals surface area contributed by atoms with E-state index in [2.05, 4.69) is 14.8 Å². The smallest absolute Gasteiger partial charge is 0.244 e. The highest BCUT2D eigenvalue weighted by Crippen LogP contribution is 2.25. The summed E-state index contributed by atoms with van der Waals surface area (Å²) in [6.45, 7) is 0.202. The third-order valence-electron chi connectivity index (χ3n) is 3.35. The lowest BCUT2D eigenvalue weighted by Crippen LogP contribution is -2.23. The average molecular weight is 328 g/mol. The zero-order chi connectivity index (χ0) is 16.3. The zero-order valence-electron chi connectivity index (χ0n) is 12.5. The van der Waals surface area contributed by atoms with Crippen LogP contribution >= 0.6 is 0 Å². The molecule has 0 amide bonds. The number of nitrogens with one attached hydrogen (secondary N) is 1. The van der Waals surface area contributed by atoms with Crippen molar-refractivity contribution in [1.82, 2.24) is 19.5 Å². The number of benzene rings is 1. The van der Waals surface area contributed by atoms with Gasteiger partial charge in [0.15, 0.2) is 0 Å². The van der Waals surface area contributed by atoms with Gasteiger partial charge in [-0.15, -0.1) is 0 Å². The molecule has 0 unspecified atom stereocenters. The summed E-state index contributed by atoms with van der Waals surface area (Å²) in [5.74, 6) is 0. The van der Waals surface area contributed by atoms with Crippen LogP contribution in [0.1, 0.15) is 5.56 Å². The molecule has 0 atom stereocenters. The fourth-order valence-corrected chi connectivity index (χ4v) is 3.43. The molecule has 0 saturated heterocycles. The van der Waals surface area contributed by atoms with Gasteiger partial charge in [-0.25, -0.2) is 13.1 Å². The molecule has 2 heterocycles. The van der Waals surface area contributed by atoms with Crippen molar-refractivity contribution in [3.63, 3.8) is 0 Å². The molecule has 6 nitrogen and oxygen atoms in total. The second kappa shape index (κ2) is 6.31. The molecule has 0 aliphatic heterocycles. The molecule has 0 bridgehead atoms. The molecule has 2 aromatic heterocycles. The Morgan fingerprint density at radius 2 is 1.78 bits per heavy atom. The predicted molar refractivity (Wildman–Crippen MR) is 86.9 cm³/mol. The van der Waals surface area contributed by atoms with Crippen molar-refractivity contribution < 1.29 is 8.42 Å². The van der Waals surface area contributed by atoms with Gasteiger partial charge in [0.05, 0.1) is 0 Å². The van der Waals surface area contributed by atoms with Gasteiger partial charge < -0.3 is 0 Å². The number of rotatable bonds is 5. The highest BCUT2D eigenvalue weighted by molar-refractivity contribution is 7.89. The number of aryl methyl sites for hydroxylation is 1. The first-order valence-corrected chi connectivity index (χ1v) is 8.52. The monoisotopic (exact) mass is 328 g/mol. The van der Waals surface area contributed by atoms with Crippen LogP contribution in [0.15, 0.2) is 66.0 Å². The van der Waals surface area contributed by atoms with Crippen LogP contribution in [0.5, 0.6) is 0 Å². The molecule has 1 N–H and O–H groups in total. The second-order valence-electron chi connectivity index (χ2n) is 5.06. The van der Waals surface area contributed by atoms with Crippen LogP contribution in [-0.4, -0.2) is 23.2 Å². The van der Waals surface area contributed by atoms with E-state index in [0.29, 0.717) is 5.69 Å². The minimum Gasteiger partial charge on any atom is -0.274 e. The van der Waals surface area contributed by atoms with Crippen LogP contribution in [0.25, 0.3) is 11.3 Å². The van der Waals surface area contributed by atoms with Gasteiger partial charge in [-0.05, 0) is 17.7 Å². The zero-order valence-corrected chi connectivity index (χ0v) is 13.4. The van der Waals surface area contributed by atoms with Crippen LogP contribution in [0.2, 0.25) is 0 Å². The van der Waals surface area contributed by atoms with Gasteiger partial charge in [0.1, 0.15) is 10.6 Å². The fraction of sp³-hybridized carbons (Fsp3) is 0.125. The summed E-state index contributed by atoms with van der Waals surface area (Å²) in [7, 11) is -1.97. The van der Waals surface area contributed by atoms with Crippen LogP contribution in [-0.2, 0) is 23.6 Å². The van der Waals surface area contributed by atoms with Gasteiger partial charge >= 0.3 is 0 Å². The summed E-state index contributed by atoms with van der Waals surface area (Å²) in [6.07, 6.45) is 4.77. The van der Waals surface area contributed by atoms with E-state index >= 15 is 0 Å². The number of hydrogen-bond donors (Lipinski definition) is 1. The summed E-state index contributed by atoms with van der Waals surface area (Å²) in [5, 5.41) is 4.29. The third kappa shape index (κ3) is 3.46. The van der Waals surface area contributed by atoms with E-state index in [-0.39, 0.29) is 11.4 Å². The lowest BCUT2D eigenvalue weighted by Gasteiger charge is -2.07. The minimum absolute atomic E-state index is 0.167. The summed E-state index contributed by atoms with van der Waals surface area (Å²) in [6, 6.07) is 12.8. The van der Waals surface area contributed by atoms with E-state index < -0.39 is 10.0 Å². The molecule has 0 radical (unpaired) electrons. The molecule has 3 rings (SSSR count). The van der Waals surface area contributed by atoms with E-state index in [1.807, 2.05) is 30.3 Å². The molecule has 7 heteroatoms. The minimum atomic E-state index is -3.67. The Balaban J connectivity index is 1.91. The lowest BCUT2D eigenvalue weighted by atomic mass is 10.2. The first kappa shape index (κ1) is 15.4. The van der Waals surface area contributed by atoms with Crippen LogP contribution in [0.4, 0.5) is 0 Å². The molecule has 0 fully saturated rings. The number of aromatic nitrogens is 3. The Bertz CT molecular complexity index is 890. The number of hydrogen-bond acceptors (Lipinski definition) is 4. The van der Waals surface area contributed by atoms with Crippen molar-refractivity contribution in [3.8, 4) is 11.3 Å². The molecule has 0 saturated carbocycles. The van der Waals surface area contributed by atoms with Crippen LogP contribution < -0.4 is 4.72 Å². The van der Waals surface area contributed by atoms with E-state index in [0.717, 1.165) is 11.1 Å². The number of nitrogens with zero attached hydrogens (tertiary/aromatic N) is 3. The molecule has 118 valence electrons. The molecule has 0 aliphatic rings. The van der Waals surface area contributed by atoms with Crippen LogP contribution in [0.3, 0.4) is 0 Å². The molecule has 23 heavy (non-hydrogen) atoms. The summed E-state index contributed by atoms with van der Waals surface area (Å²) in [5.41, 5.74) is 2.04. The van der Waals surface area contributed by atoms with Crippen LogP contribution in [0, 0.1) is 0 Å². The van der Waals surface area contributed by atoms with Crippen molar-refractivity contribution in [3.05, 3.63) is 66.6 Å². The molecule has 0 aliphatic carbocycles. The van der Waals surface area contributed by atoms with Crippen molar-refractivity contribution in [2.24, 2.45) is 7.05 Å². The fourth-order valence-electron chi connectivity index (χ4n) is 2.22. The van der Waals surface area contributed by atoms with Crippen molar-refractivity contribution in [2.45, 2.75) is 11.4 Å². The predicted octanol–water partition coefficient (Wildman–Crippen LogP) is 1.96. The standard InChI is InChI=1S/C16H16N4O2S/c1-20-12-15(16(19-20)14-5-3-2-4-6-14)23(21,22)18-11-13-7-9-17-10-8-13/h2-10,12,18H,11H2,1H3. The normalized spacial score (nSPS) is 11.5. The van der Waals surface area contributed by atoms with Gasteiger partial charge in [-0.2, -0.15) is 5.10 Å². The number of sulfonamides is 1. The van der Waals surface area contributed by atoms with E-state index in [4.69, 9.17) is 0 Å². The van der Waals surface area contributed by atoms with Gasteiger partial charge in [0.25, 0.3) is 0 Å². The van der Waals surface area contributed by atoms with E-state index in [9.17, 15) is 8.42 Å². The van der Waals surface area contributed by atoms with Crippen molar-refractivity contribution in [2.75, 3.05) is 0 Å². The first-order valence-electron chi connectivity index (χ1n) is 7.04. The Morgan fingerprint density at radius 1 is 1.09 bits per heavy atom. The van der Waals surface area contributed by atoms with Gasteiger partial charge in [0.2, 0.25) is 10.0 Å². The quantitative estimate of drug-likeness (QED) is 0.777. The Hall–Kier alpha value is -2.51. The highest BCUT2D eigenvalue weighted by Gasteiger charge is 2.22. The van der Waals surface area contributed by atoms with E-state index in [1.54, 1.807) is 31.6 Å². The van der Waals surface area contributed by atoms with E-state index in [1.165, 1.54) is 10.9 Å².